The number of likely N-dealkylation sites (N-methyl/N-ethyl adjacent to an activating group) is 1. The van der Waals surface area contributed by atoms with E-state index in [9.17, 15) is 0 Å². The molecule has 0 aromatic heterocycles. The lowest BCUT2D eigenvalue weighted by molar-refractivity contribution is -0.0372. The summed E-state index contributed by atoms with van der Waals surface area (Å²) in [5.41, 5.74) is 0. The maximum Gasteiger partial charge on any atom is 0.0753 e. The zero-order valence-corrected chi connectivity index (χ0v) is 12.9. The summed E-state index contributed by atoms with van der Waals surface area (Å²) in [6.07, 6.45) is 9.63. The fraction of sp³-hybridized carbons (Fsp3) is 1.00. The topological polar surface area (TPSA) is 21.3 Å². The summed E-state index contributed by atoms with van der Waals surface area (Å²) in [6, 6.07) is 0.555. The molecule has 0 aromatic carbocycles. The first-order valence-electron chi connectivity index (χ1n) is 7.97. The summed E-state index contributed by atoms with van der Waals surface area (Å²) >= 11 is 0. The van der Waals surface area contributed by atoms with Crippen LogP contribution in [0.2, 0.25) is 0 Å². The lowest BCUT2D eigenvalue weighted by Crippen LogP contribution is -2.48. The van der Waals surface area contributed by atoms with E-state index in [2.05, 4.69) is 33.1 Å². The lowest BCUT2D eigenvalue weighted by atomic mass is 9.78. The third-order valence-electron chi connectivity index (χ3n) is 4.32. The van der Waals surface area contributed by atoms with Gasteiger partial charge in [-0.15, -0.1) is 0 Å². The van der Waals surface area contributed by atoms with Crippen LogP contribution in [-0.2, 0) is 4.74 Å². The summed E-state index contributed by atoms with van der Waals surface area (Å²) in [6.45, 7) is 7.92. The van der Waals surface area contributed by atoms with Crippen LogP contribution >= 0.6 is 0 Å². The fourth-order valence-corrected chi connectivity index (χ4v) is 3.32. The van der Waals surface area contributed by atoms with Gasteiger partial charge >= 0.3 is 0 Å². The standard InChI is InChI=1S/C16H33NO/c1-5-6-7-8-9-10-18-16-14(3)11-13(2)12-15(16)17-4/h13-17H,5-12H2,1-4H3. The monoisotopic (exact) mass is 255 g/mol. The molecule has 0 radical (unpaired) electrons. The van der Waals surface area contributed by atoms with Gasteiger partial charge in [0.05, 0.1) is 6.10 Å². The summed E-state index contributed by atoms with van der Waals surface area (Å²) < 4.78 is 6.16. The molecule has 0 heterocycles. The Morgan fingerprint density at radius 1 is 1.06 bits per heavy atom. The van der Waals surface area contributed by atoms with Crippen LogP contribution in [0.1, 0.15) is 65.7 Å². The lowest BCUT2D eigenvalue weighted by Gasteiger charge is -2.39. The smallest absolute Gasteiger partial charge is 0.0753 e. The van der Waals surface area contributed by atoms with Crippen LogP contribution in [0.5, 0.6) is 0 Å². The van der Waals surface area contributed by atoms with Crippen LogP contribution in [0, 0.1) is 11.8 Å². The van der Waals surface area contributed by atoms with Gasteiger partial charge < -0.3 is 10.1 Å². The van der Waals surface area contributed by atoms with Crippen LogP contribution in [0.25, 0.3) is 0 Å². The van der Waals surface area contributed by atoms with Crippen molar-refractivity contribution in [3.8, 4) is 0 Å². The Balaban J connectivity index is 2.21. The minimum Gasteiger partial charge on any atom is -0.376 e. The van der Waals surface area contributed by atoms with Crippen molar-refractivity contribution in [3.63, 3.8) is 0 Å². The average molecular weight is 255 g/mol. The second-order valence-electron chi connectivity index (χ2n) is 6.20. The molecule has 18 heavy (non-hydrogen) atoms. The molecule has 0 bridgehead atoms. The van der Waals surface area contributed by atoms with Gasteiger partial charge in [0.1, 0.15) is 0 Å². The fourth-order valence-electron chi connectivity index (χ4n) is 3.32. The molecular formula is C16H33NO. The van der Waals surface area contributed by atoms with Gasteiger partial charge in [0.2, 0.25) is 0 Å². The normalized spacial score (nSPS) is 32.7. The second-order valence-corrected chi connectivity index (χ2v) is 6.20. The van der Waals surface area contributed by atoms with E-state index < -0.39 is 0 Å². The largest absolute Gasteiger partial charge is 0.376 e. The first kappa shape index (κ1) is 16.0. The van der Waals surface area contributed by atoms with Gasteiger partial charge in [0.25, 0.3) is 0 Å². The Bertz CT molecular complexity index is 207. The van der Waals surface area contributed by atoms with Gasteiger partial charge in [0, 0.05) is 12.6 Å². The molecule has 1 N–H and O–H groups in total. The highest BCUT2D eigenvalue weighted by Crippen LogP contribution is 2.31. The zero-order valence-electron chi connectivity index (χ0n) is 12.9. The van der Waals surface area contributed by atoms with E-state index >= 15 is 0 Å². The third-order valence-corrected chi connectivity index (χ3v) is 4.32. The summed E-state index contributed by atoms with van der Waals surface area (Å²) in [5, 5.41) is 3.45. The molecule has 0 saturated heterocycles. The van der Waals surface area contributed by atoms with E-state index in [0.717, 1.165) is 12.5 Å². The zero-order chi connectivity index (χ0) is 13.4. The van der Waals surface area contributed by atoms with Crippen molar-refractivity contribution < 1.29 is 4.74 Å². The first-order chi connectivity index (χ1) is 8.69. The van der Waals surface area contributed by atoms with Crippen molar-refractivity contribution in [1.29, 1.82) is 0 Å². The Kier molecular flexibility index (Phi) is 7.92. The molecule has 0 aromatic rings. The maximum absolute atomic E-state index is 6.16. The van der Waals surface area contributed by atoms with E-state index in [0.29, 0.717) is 18.1 Å². The molecule has 1 fully saturated rings. The molecule has 1 aliphatic carbocycles. The van der Waals surface area contributed by atoms with Crippen LogP contribution < -0.4 is 5.32 Å². The summed E-state index contributed by atoms with van der Waals surface area (Å²) in [4.78, 5) is 0. The molecule has 108 valence electrons. The van der Waals surface area contributed by atoms with Crippen LogP contribution in [-0.4, -0.2) is 25.8 Å². The molecular weight excluding hydrogens is 222 g/mol. The molecule has 0 aliphatic heterocycles. The first-order valence-corrected chi connectivity index (χ1v) is 7.97. The number of unbranched alkanes of at least 4 members (excludes halogenated alkanes) is 4. The van der Waals surface area contributed by atoms with Crippen molar-refractivity contribution >= 4 is 0 Å². The number of rotatable bonds is 8. The highest BCUT2D eigenvalue weighted by molar-refractivity contribution is 4.87. The van der Waals surface area contributed by atoms with E-state index in [4.69, 9.17) is 4.74 Å². The van der Waals surface area contributed by atoms with E-state index in [1.54, 1.807) is 0 Å². The van der Waals surface area contributed by atoms with Gasteiger partial charge in [-0.3, -0.25) is 0 Å². The molecule has 1 saturated carbocycles. The Morgan fingerprint density at radius 3 is 2.44 bits per heavy atom. The van der Waals surface area contributed by atoms with Crippen LogP contribution in [0.3, 0.4) is 0 Å². The van der Waals surface area contributed by atoms with Gasteiger partial charge in [-0.05, 0) is 38.1 Å². The van der Waals surface area contributed by atoms with E-state index in [1.807, 2.05) is 0 Å². The SMILES string of the molecule is CCCCCCCOC1C(C)CC(C)CC1NC. The Labute approximate surface area is 114 Å². The highest BCUT2D eigenvalue weighted by Gasteiger charge is 2.33. The summed E-state index contributed by atoms with van der Waals surface area (Å²) in [7, 11) is 2.08. The maximum atomic E-state index is 6.16. The van der Waals surface area contributed by atoms with Crippen molar-refractivity contribution in [2.24, 2.45) is 11.8 Å². The van der Waals surface area contributed by atoms with Gasteiger partial charge in [-0.1, -0.05) is 46.5 Å². The Morgan fingerprint density at radius 2 is 1.78 bits per heavy atom. The molecule has 0 spiro atoms. The average Bonchev–Trinajstić information content (AvgIpc) is 2.35. The van der Waals surface area contributed by atoms with Gasteiger partial charge in [-0.2, -0.15) is 0 Å². The number of hydrogen-bond donors (Lipinski definition) is 1. The predicted molar refractivity (Wildman–Crippen MR) is 78.9 cm³/mol. The molecule has 2 heteroatoms. The molecule has 0 amide bonds. The molecule has 1 rings (SSSR count). The van der Waals surface area contributed by atoms with Gasteiger partial charge in [-0.25, -0.2) is 0 Å². The molecule has 4 unspecified atom stereocenters. The minimum absolute atomic E-state index is 0.428. The van der Waals surface area contributed by atoms with E-state index in [-0.39, 0.29) is 0 Å². The van der Waals surface area contributed by atoms with E-state index in [1.165, 1.54) is 44.9 Å². The number of hydrogen-bond acceptors (Lipinski definition) is 2. The number of nitrogens with one attached hydrogen (secondary N) is 1. The highest BCUT2D eigenvalue weighted by atomic mass is 16.5. The van der Waals surface area contributed by atoms with Crippen molar-refractivity contribution in [1.82, 2.24) is 5.32 Å². The van der Waals surface area contributed by atoms with Crippen LogP contribution in [0.4, 0.5) is 0 Å². The Hall–Kier alpha value is -0.0800. The summed E-state index contributed by atoms with van der Waals surface area (Å²) in [5.74, 6) is 1.53. The van der Waals surface area contributed by atoms with Crippen molar-refractivity contribution in [2.75, 3.05) is 13.7 Å². The van der Waals surface area contributed by atoms with Crippen LogP contribution in [0.15, 0.2) is 0 Å². The van der Waals surface area contributed by atoms with Crippen molar-refractivity contribution in [3.05, 3.63) is 0 Å². The molecule has 4 atom stereocenters. The second kappa shape index (κ2) is 8.92. The van der Waals surface area contributed by atoms with Gasteiger partial charge in [0.15, 0.2) is 0 Å². The third kappa shape index (κ3) is 5.27. The van der Waals surface area contributed by atoms with Crippen molar-refractivity contribution in [2.45, 2.75) is 77.9 Å². The quantitative estimate of drug-likeness (QED) is 0.662. The number of ether oxygens (including phenoxy) is 1. The minimum atomic E-state index is 0.428. The molecule has 1 aliphatic rings. The predicted octanol–water partition coefficient (Wildman–Crippen LogP) is 4.00. The molecule has 2 nitrogen and oxygen atoms in total.